The SMILES string of the molecule is CCC1(C(=O)O)C=CC(C(C)C2CC(C)=CC=C2C)C1. The van der Waals surface area contributed by atoms with E-state index >= 15 is 0 Å². The van der Waals surface area contributed by atoms with Gasteiger partial charge in [-0.05, 0) is 50.9 Å². The Kier molecular flexibility index (Phi) is 4.22. The van der Waals surface area contributed by atoms with Crippen LogP contribution in [0.4, 0.5) is 0 Å². The van der Waals surface area contributed by atoms with E-state index in [-0.39, 0.29) is 0 Å². The lowest BCUT2D eigenvalue weighted by molar-refractivity contribution is -0.146. The molecule has 2 heteroatoms. The van der Waals surface area contributed by atoms with Crippen molar-refractivity contribution in [1.82, 2.24) is 0 Å². The fraction of sp³-hybridized carbons (Fsp3) is 0.611. The van der Waals surface area contributed by atoms with Crippen molar-refractivity contribution < 1.29 is 9.90 Å². The molecular formula is C18H26O2. The van der Waals surface area contributed by atoms with Gasteiger partial charge in [-0.15, -0.1) is 0 Å². The van der Waals surface area contributed by atoms with E-state index in [0.29, 0.717) is 24.2 Å². The topological polar surface area (TPSA) is 37.3 Å². The second-order valence-corrected chi connectivity index (χ2v) is 6.64. The number of aliphatic carboxylic acids is 1. The third-order valence-electron chi connectivity index (χ3n) is 5.39. The van der Waals surface area contributed by atoms with Gasteiger partial charge < -0.3 is 5.11 Å². The van der Waals surface area contributed by atoms with Crippen LogP contribution in [0.15, 0.2) is 35.5 Å². The average Bonchev–Trinajstić information content (AvgIpc) is 2.86. The number of carbonyl (C=O) groups is 1. The molecule has 4 atom stereocenters. The Morgan fingerprint density at radius 2 is 2.15 bits per heavy atom. The number of allylic oxidation sites excluding steroid dienone is 5. The first-order valence-corrected chi connectivity index (χ1v) is 7.66. The van der Waals surface area contributed by atoms with Gasteiger partial charge in [-0.3, -0.25) is 4.79 Å². The van der Waals surface area contributed by atoms with Gasteiger partial charge in [0.05, 0.1) is 5.41 Å². The molecule has 0 fully saturated rings. The lowest BCUT2D eigenvalue weighted by Gasteiger charge is -2.32. The Hall–Kier alpha value is -1.31. The first-order chi connectivity index (χ1) is 9.39. The first kappa shape index (κ1) is 15.1. The number of hydrogen-bond acceptors (Lipinski definition) is 1. The van der Waals surface area contributed by atoms with Crippen LogP contribution in [-0.4, -0.2) is 11.1 Å². The lowest BCUT2D eigenvalue weighted by atomic mass is 9.72. The Morgan fingerprint density at radius 1 is 1.45 bits per heavy atom. The zero-order valence-electron chi connectivity index (χ0n) is 13.0. The van der Waals surface area contributed by atoms with Gasteiger partial charge in [0, 0.05) is 0 Å². The fourth-order valence-corrected chi connectivity index (χ4v) is 3.67. The highest BCUT2D eigenvalue weighted by molar-refractivity contribution is 5.77. The van der Waals surface area contributed by atoms with E-state index in [2.05, 4.69) is 39.0 Å². The molecule has 0 aliphatic heterocycles. The molecule has 2 nitrogen and oxygen atoms in total. The molecule has 0 amide bonds. The molecule has 2 aliphatic rings. The molecule has 2 aliphatic carbocycles. The number of hydrogen-bond donors (Lipinski definition) is 1. The monoisotopic (exact) mass is 274 g/mol. The van der Waals surface area contributed by atoms with E-state index < -0.39 is 11.4 Å². The summed E-state index contributed by atoms with van der Waals surface area (Å²) < 4.78 is 0. The van der Waals surface area contributed by atoms with E-state index in [9.17, 15) is 9.90 Å². The van der Waals surface area contributed by atoms with E-state index in [1.807, 2.05) is 13.0 Å². The van der Waals surface area contributed by atoms with Crippen molar-refractivity contribution in [3.05, 3.63) is 35.5 Å². The minimum Gasteiger partial charge on any atom is -0.481 e. The summed E-state index contributed by atoms with van der Waals surface area (Å²) in [5.41, 5.74) is 2.23. The Bertz CT molecular complexity index is 484. The van der Waals surface area contributed by atoms with Crippen LogP contribution in [0.5, 0.6) is 0 Å². The lowest BCUT2D eigenvalue weighted by Crippen LogP contribution is -2.29. The Morgan fingerprint density at radius 3 is 2.70 bits per heavy atom. The highest BCUT2D eigenvalue weighted by atomic mass is 16.4. The maximum absolute atomic E-state index is 11.5. The molecule has 0 saturated carbocycles. The normalized spacial score (nSPS) is 34.6. The summed E-state index contributed by atoms with van der Waals surface area (Å²) in [7, 11) is 0. The molecule has 0 spiro atoms. The van der Waals surface area contributed by atoms with Gasteiger partial charge in [0.2, 0.25) is 0 Å². The van der Waals surface area contributed by atoms with Crippen LogP contribution >= 0.6 is 0 Å². The molecule has 0 aromatic rings. The van der Waals surface area contributed by atoms with E-state index in [1.165, 1.54) is 11.1 Å². The summed E-state index contributed by atoms with van der Waals surface area (Å²) in [6, 6.07) is 0. The van der Waals surface area contributed by atoms with Gasteiger partial charge in [-0.1, -0.05) is 49.3 Å². The van der Waals surface area contributed by atoms with Crippen molar-refractivity contribution in [2.24, 2.45) is 23.2 Å². The highest BCUT2D eigenvalue weighted by Crippen LogP contribution is 2.46. The summed E-state index contributed by atoms with van der Waals surface area (Å²) in [5.74, 6) is 0.762. The Labute approximate surface area is 122 Å². The zero-order chi connectivity index (χ0) is 14.9. The summed E-state index contributed by atoms with van der Waals surface area (Å²) in [5, 5.41) is 9.50. The second-order valence-electron chi connectivity index (χ2n) is 6.64. The maximum atomic E-state index is 11.5. The quantitative estimate of drug-likeness (QED) is 0.761. The van der Waals surface area contributed by atoms with Gasteiger partial charge in [-0.25, -0.2) is 0 Å². The molecule has 20 heavy (non-hydrogen) atoms. The summed E-state index contributed by atoms with van der Waals surface area (Å²) in [6.07, 6.45) is 11.1. The molecule has 0 saturated heterocycles. The van der Waals surface area contributed by atoms with Crippen molar-refractivity contribution in [3.8, 4) is 0 Å². The minimum atomic E-state index is -0.669. The van der Waals surface area contributed by atoms with Crippen LogP contribution < -0.4 is 0 Å². The molecule has 1 N–H and O–H groups in total. The largest absolute Gasteiger partial charge is 0.481 e. The third-order valence-corrected chi connectivity index (χ3v) is 5.39. The molecule has 0 bridgehead atoms. The smallest absolute Gasteiger partial charge is 0.313 e. The predicted octanol–water partition coefficient (Wildman–Crippen LogP) is 4.59. The molecule has 0 aromatic heterocycles. The molecule has 0 aromatic carbocycles. The van der Waals surface area contributed by atoms with Gasteiger partial charge in [0.25, 0.3) is 0 Å². The first-order valence-electron chi connectivity index (χ1n) is 7.66. The van der Waals surface area contributed by atoms with Gasteiger partial charge in [-0.2, -0.15) is 0 Å². The van der Waals surface area contributed by atoms with Crippen LogP contribution in [0.2, 0.25) is 0 Å². The second kappa shape index (κ2) is 5.59. The standard InChI is InChI=1S/C18H26O2/c1-5-18(17(19)20)9-8-15(11-18)14(4)16-10-12(2)6-7-13(16)3/h6-9,14-16H,5,10-11H2,1-4H3,(H,19,20). The molecule has 4 unspecified atom stereocenters. The molecule has 0 radical (unpaired) electrons. The van der Waals surface area contributed by atoms with Crippen molar-refractivity contribution >= 4 is 5.97 Å². The van der Waals surface area contributed by atoms with Crippen LogP contribution in [0.25, 0.3) is 0 Å². The minimum absolute atomic E-state index is 0.380. The highest BCUT2D eigenvalue weighted by Gasteiger charge is 2.42. The molecule has 2 rings (SSSR count). The van der Waals surface area contributed by atoms with Gasteiger partial charge in [0.15, 0.2) is 0 Å². The number of carboxylic acids is 1. The fourth-order valence-electron chi connectivity index (χ4n) is 3.67. The van der Waals surface area contributed by atoms with Crippen LogP contribution in [0.1, 0.15) is 47.0 Å². The van der Waals surface area contributed by atoms with E-state index in [4.69, 9.17) is 0 Å². The molecular weight excluding hydrogens is 248 g/mol. The van der Waals surface area contributed by atoms with Crippen LogP contribution in [0, 0.1) is 23.2 Å². The van der Waals surface area contributed by atoms with Crippen LogP contribution in [-0.2, 0) is 4.79 Å². The molecule has 0 heterocycles. The summed E-state index contributed by atoms with van der Waals surface area (Å²) in [6.45, 7) is 8.64. The van der Waals surface area contributed by atoms with Gasteiger partial charge >= 0.3 is 5.97 Å². The van der Waals surface area contributed by atoms with Crippen molar-refractivity contribution in [3.63, 3.8) is 0 Å². The number of rotatable bonds is 4. The molecule has 110 valence electrons. The summed E-state index contributed by atoms with van der Waals surface area (Å²) >= 11 is 0. The van der Waals surface area contributed by atoms with Crippen LogP contribution in [0.3, 0.4) is 0 Å². The predicted molar refractivity (Wildman–Crippen MR) is 82.4 cm³/mol. The summed E-state index contributed by atoms with van der Waals surface area (Å²) in [4.78, 5) is 11.5. The van der Waals surface area contributed by atoms with E-state index in [0.717, 1.165) is 12.8 Å². The Balaban J connectivity index is 2.11. The van der Waals surface area contributed by atoms with Crippen molar-refractivity contribution in [2.75, 3.05) is 0 Å². The average molecular weight is 274 g/mol. The van der Waals surface area contributed by atoms with Crippen molar-refractivity contribution in [2.45, 2.75) is 47.0 Å². The van der Waals surface area contributed by atoms with Crippen molar-refractivity contribution in [1.29, 1.82) is 0 Å². The number of carboxylic acid groups (broad SMARTS) is 1. The zero-order valence-corrected chi connectivity index (χ0v) is 13.0. The van der Waals surface area contributed by atoms with E-state index in [1.54, 1.807) is 0 Å². The van der Waals surface area contributed by atoms with Gasteiger partial charge in [0.1, 0.15) is 0 Å². The maximum Gasteiger partial charge on any atom is 0.313 e. The third kappa shape index (κ3) is 2.61.